The predicted molar refractivity (Wildman–Crippen MR) is 59.8 cm³/mol. The molecule has 88 valence electrons. The fourth-order valence-electron chi connectivity index (χ4n) is 1.13. The maximum absolute atomic E-state index is 10.6. The minimum Gasteiger partial charge on any atom is -0.478 e. The van der Waals surface area contributed by atoms with Crippen molar-refractivity contribution >= 4 is 17.7 Å². The zero-order chi connectivity index (χ0) is 12.3. The van der Waals surface area contributed by atoms with Crippen LogP contribution in [0.3, 0.4) is 0 Å². The fourth-order valence-corrected chi connectivity index (χ4v) is 1.82. The van der Waals surface area contributed by atoms with Crippen molar-refractivity contribution in [2.75, 3.05) is 0 Å². The van der Waals surface area contributed by atoms with Crippen LogP contribution in [0.4, 0.5) is 0 Å². The zero-order valence-electron chi connectivity index (χ0n) is 8.95. The van der Waals surface area contributed by atoms with E-state index in [-0.39, 0.29) is 5.56 Å². The molecule has 0 spiro atoms. The third kappa shape index (κ3) is 3.04. The molecule has 2 aromatic rings. The molecule has 2 aromatic heterocycles. The normalized spacial score (nSPS) is 10.4. The van der Waals surface area contributed by atoms with Gasteiger partial charge in [-0.15, -0.1) is 0 Å². The van der Waals surface area contributed by atoms with Gasteiger partial charge in [0, 0.05) is 13.1 Å². The largest absolute Gasteiger partial charge is 0.478 e. The summed E-state index contributed by atoms with van der Waals surface area (Å²) in [5.74, 6) is 0.672. The van der Waals surface area contributed by atoms with Crippen LogP contribution in [0.5, 0.6) is 0 Å². The number of rotatable bonds is 4. The Morgan fingerprint density at radius 2 is 2.35 bits per heavy atom. The van der Waals surface area contributed by atoms with Crippen molar-refractivity contribution in [2.45, 2.75) is 17.7 Å². The van der Waals surface area contributed by atoms with E-state index >= 15 is 0 Å². The molecule has 0 saturated heterocycles. The van der Waals surface area contributed by atoms with Crippen LogP contribution in [0.15, 0.2) is 27.9 Å². The van der Waals surface area contributed by atoms with Gasteiger partial charge in [-0.1, -0.05) is 16.9 Å². The molecule has 0 amide bonds. The summed E-state index contributed by atoms with van der Waals surface area (Å²) in [7, 11) is 0. The lowest BCUT2D eigenvalue weighted by Gasteiger charge is -1.98. The van der Waals surface area contributed by atoms with E-state index in [4.69, 9.17) is 9.63 Å². The number of carboxylic acid groups (broad SMARTS) is 1. The zero-order valence-corrected chi connectivity index (χ0v) is 9.77. The van der Waals surface area contributed by atoms with Gasteiger partial charge >= 0.3 is 5.97 Å². The summed E-state index contributed by atoms with van der Waals surface area (Å²) in [6.45, 7) is 1.72. The van der Waals surface area contributed by atoms with Crippen molar-refractivity contribution < 1.29 is 14.4 Å². The second kappa shape index (κ2) is 4.96. The van der Waals surface area contributed by atoms with Crippen molar-refractivity contribution in [2.24, 2.45) is 0 Å². The summed E-state index contributed by atoms with van der Waals surface area (Å²) in [5, 5.41) is 13.2. The average molecular weight is 251 g/mol. The van der Waals surface area contributed by atoms with Crippen LogP contribution in [0.1, 0.15) is 22.1 Å². The fraction of sp³-hybridized carbons (Fsp3) is 0.200. The predicted octanol–water partition coefficient (Wildman–Crippen LogP) is 1.76. The molecule has 6 nitrogen and oxygen atoms in total. The number of aromatic carboxylic acids is 1. The highest BCUT2D eigenvalue weighted by Gasteiger charge is 2.06. The Kier molecular flexibility index (Phi) is 3.38. The van der Waals surface area contributed by atoms with Crippen LogP contribution in [-0.2, 0) is 5.75 Å². The number of pyridine rings is 1. The maximum atomic E-state index is 10.6. The second-order valence-electron chi connectivity index (χ2n) is 3.21. The van der Waals surface area contributed by atoms with Crippen molar-refractivity contribution in [1.29, 1.82) is 0 Å². The van der Waals surface area contributed by atoms with Crippen LogP contribution in [-0.4, -0.2) is 26.2 Å². The van der Waals surface area contributed by atoms with Crippen molar-refractivity contribution in [3.63, 3.8) is 0 Å². The molecule has 0 saturated carbocycles. The summed E-state index contributed by atoms with van der Waals surface area (Å²) >= 11 is 1.42. The van der Waals surface area contributed by atoms with Crippen molar-refractivity contribution in [1.82, 2.24) is 15.1 Å². The molecule has 0 aromatic carbocycles. The Labute approximate surface area is 101 Å². The Morgan fingerprint density at radius 1 is 1.53 bits per heavy atom. The first-order valence-corrected chi connectivity index (χ1v) is 5.75. The van der Waals surface area contributed by atoms with Crippen LogP contribution in [0, 0.1) is 6.92 Å². The van der Waals surface area contributed by atoms with Gasteiger partial charge in [-0.25, -0.2) is 9.78 Å². The van der Waals surface area contributed by atoms with E-state index in [1.807, 2.05) is 0 Å². The standard InChI is InChI=1S/C10H9N3O3S/c1-6-12-8(13-16-6)5-17-9-3-2-7(4-11-9)10(14)15/h2-4H,5H2,1H3,(H,14,15). The lowest BCUT2D eigenvalue weighted by Crippen LogP contribution is -1.96. The van der Waals surface area contributed by atoms with Crippen molar-refractivity contribution in [3.8, 4) is 0 Å². The molecule has 17 heavy (non-hydrogen) atoms. The Bertz CT molecular complexity index is 524. The molecule has 0 atom stereocenters. The number of thioether (sulfide) groups is 1. The Morgan fingerprint density at radius 3 is 2.88 bits per heavy atom. The first kappa shape index (κ1) is 11.6. The van der Waals surface area contributed by atoms with E-state index in [2.05, 4.69) is 15.1 Å². The third-order valence-corrected chi connectivity index (χ3v) is 2.84. The highest BCUT2D eigenvalue weighted by atomic mass is 32.2. The molecule has 1 N–H and O–H groups in total. The first-order chi connectivity index (χ1) is 8.15. The lowest BCUT2D eigenvalue weighted by molar-refractivity contribution is 0.0696. The molecule has 0 aliphatic carbocycles. The highest BCUT2D eigenvalue weighted by molar-refractivity contribution is 7.98. The van der Waals surface area contributed by atoms with Gasteiger partial charge in [0.15, 0.2) is 5.82 Å². The minimum absolute atomic E-state index is 0.171. The van der Waals surface area contributed by atoms with Gasteiger partial charge < -0.3 is 9.63 Å². The molecule has 0 fully saturated rings. The smallest absolute Gasteiger partial charge is 0.337 e. The number of carbonyl (C=O) groups is 1. The molecule has 7 heteroatoms. The first-order valence-electron chi connectivity index (χ1n) is 4.76. The van der Waals surface area contributed by atoms with Crippen LogP contribution in [0.2, 0.25) is 0 Å². The van der Waals surface area contributed by atoms with E-state index in [1.54, 1.807) is 13.0 Å². The van der Waals surface area contributed by atoms with Gasteiger partial charge in [0.25, 0.3) is 0 Å². The summed E-state index contributed by atoms with van der Waals surface area (Å²) < 4.78 is 4.83. The van der Waals surface area contributed by atoms with E-state index in [0.29, 0.717) is 17.5 Å². The third-order valence-electron chi connectivity index (χ3n) is 1.90. The van der Waals surface area contributed by atoms with E-state index in [0.717, 1.165) is 5.03 Å². The second-order valence-corrected chi connectivity index (χ2v) is 4.20. The molecule has 0 bridgehead atoms. The van der Waals surface area contributed by atoms with E-state index in [1.165, 1.54) is 24.0 Å². The number of hydrogen-bond donors (Lipinski definition) is 1. The average Bonchev–Trinajstić information content (AvgIpc) is 2.73. The van der Waals surface area contributed by atoms with Crippen LogP contribution >= 0.6 is 11.8 Å². The molecule has 2 rings (SSSR count). The summed E-state index contributed by atoms with van der Waals surface area (Å²) in [6.07, 6.45) is 1.33. The molecular weight excluding hydrogens is 242 g/mol. The number of nitrogens with zero attached hydrogens (tertiary/aromatic N) is 3. The van der Waals surface area contributed by atoms with Gasteiger partial charge in [-0.2, -0.15) is 4.98 Å². The van der Waals surface area contributed by atoms with Crippen molar-refractivity contribution in [3.05, 3.63) is 35.6 Å². The molecule has 0 unspecified atom stereocenters. The SMILES string of the molecule is Cc1nc(CSc2ccc(C(=O)O)cn2)no1. The summed E-state index contributed by atoms with van der Waals surface area (Å²) in [5.41, 5.74) is 0.171. The quantitative estimate of drug-likeness (QED) is 0.828. The van der Waals surface area contributed by atoms with Gasteiger partial charge in [-0.05, 0) is 12.1 Å². The van der Waals surface area contributed by atoms with E-state index < -0.39 is 5.97 Å². The number of aryl methyl sites for hydroxylation is 1. The molecule has 0 radical (unpaired) electrons. The Hall–Kier alpha value is -1.89. The van der Waals surface area contributed by atoms with Gasteiger partial charge in [0.1, 0.15) is 0 Å². The Balaban J connectivity index is 1.97. The monoisotopic (exact) mass is 251 g/mol. The summed E-state index contributed by atoms with van der Waals surface area (Å²) in [4.78, 5) is 18.7. The topological polar surface area (TPSA) is 89.1 Å². The van der Waals surface area contributed by atoms with Gasteiger partial charge in [0.05, 0.1) is 16.3 Å². The van der Waals surface area contributed by atoms with E-state index in [9.17, 15) is 4.79 Å². The summed E-state index contributed by atoms with van der Waals surface area (Å²) in [6, 6.07) is 3.17. The van der Waals surface area contributed by atoms with Crippen LogP contribution < -0.4 is 0 Å². The molecule has 0 aliphatic rings. The molecule has 2 heterocycles. The van der Waals surface area contributed by atoms with Gasteiger partial charge in [-0.3, -0.25) is 0 Å². The number of aromatic nitrogens is 3. The number of carboxylic acids is 1. The molecule has 0 aliphatic heterocycles. The number of hydrogen-bond acceptors (Lipinski definition) is 6. The lowest BCUT2D eigenvalue weighted by atomic mass is 10.3. The molecular formula is C10H9N3O3S. The van der Waals surface area contributed by atoms with Crippen LogP contribution in [0.25, 0.3) is 0 Å². The minimum atomic E-state index is -0.983. The highest BCUT2D eigenvalue weighted by Crippen LogP contribution is 2.19. The maximum Gasteiger partial charge on any atom is 0.337 e. The van der Waals surface area contributed by atoms with Gasteiger partial charge in [0.2, 0.25) is 5.89 Å².